The van der Waals surface area contributed by atoms with Gasteiger partial charge in [-0.15, -0.1) is 0 Å². The maximum absolute atomic E-state index is 12.1. The van der Waals surface area contributed by atoms with Crippen LogP contribution in [0, 0.1) is 5.41 Å². The average Bonchev–Trinajstić information content (AvgIpc) is 3.24. The number of carbonyl (C=O) groups excluding carboxylic acids is 2. The second-order valence-corrected chi connectivity index (χ2v) is 15.8. The summed E-state index contributed by atoms with van der Waals surface area (Å²) in [6, 6.07) is 28.7. The summed E-state index contributed by atoms with van der Waals surface area (Å²) in [5, 5.41) is 19.9. The van der Waals surface area contributed by atoms with Crippen LogP contribution in [0.2, 0.25) is 0 Å². The molecule has 58 heavy (non-hydrogen) atoms. The molecule has 0 aliphatic carbocycles. The van der Waals surface area contributed by atoms with E-state index in [1.54, 1.807) is 13.8 Å². The molecule has 7 heteroatoms. The van der Waals surface area contributed by atoms with Crippen molar-refractivity contribution < 1.29 is 34.0 Å². The van der Waals surface area contributed by atoms with Gasteiger partial charge in [-0.3, -0.25) is 0 Å². The van der Waals surface area contributed by atoms with Crippen molar-refractivity contribution in [3.05, 3.63) is 125 Å². The highest BCUT2D eigenvalue weighted by Crippen LogP contribution is 2.37. The van der Waals surface area contributed by atoms with Gasteiger partial charge in [-0.1, -0.05) is 114 Å². The zero-order valence-electron chi connectivity index (χ0n) is 35.5. The topological polar surface area (TPSA) is 102 Å². The highest BCUT2D eigenvalue weighted by atomic mass is 16.5. The van der Waals surface area contributed by atoms with E-state index in [4.69, 9.17) is 14.2 Å². The van der Waals surface area contributed by atoms with Gasteiger partial charge in [0.1, 0.15) is 5.75 Å². The molecular weight excluding hydrogens is 725 g/mol. The van der Waals surface area contributed by atoms with Crippen LogP contribution < -0.4 is 4.74 Å². The highest BCUT2D eigenvalue weighted by Gasteiger charge is 2.23. The number of hydrogen-bond donors (Lipinski definition) is 2. The summed E-state index contributed by atoms with van der Waals surface area (Å²) < 4.78 is 17.4. The third-order valence-corrected chi connectivity index (χ3v) is 10.7. The van der Waals surface area contributed by atoms with Crippen LogP contribution in [-0.2, 0) is 44.7 Å². The van der Waals surface area contributed by atoms with Crippen LogP contribution in [0.3, 0.4) is 0 Å². The third kappa shape index (κ3) is 13.3. The maximum atomic E-state index is 12.1. The molecule has 0 atom stereocenters. The lowest BCUT2D eigenvalue weighted by atomic mass is 9.89. The fraction of sp³-hybridized carbons (Fsp3) is 0.412. The number of carbonyl (C=O) groups is 2. The Morgan fingerprint density at radius 2 is 1.09 bits per heavy atom. The minimum absolute atomic E-state index is 0.166. The minimum Gasteiger partial charge on any atom is -0.493 e. The van der Waals surface area contributed by atoms with Crippen molar-refractivity contribution in [2.75, 3.05) is 33.0 Å². The number of rotatable bonds is 24. The predicted octanol–water partition coefficient (Wildman–Crippen LogP) is 10.8. The summed E-state index contributed by atoms with van der Waals surface area (Å²) in [4.78, 5) is 24.3. The van der Waals surface area contributed by atoms with E-state index in [9.17, 15) is 19.8 Å². The van der Waals surface area contributed by atoms with E-state index in [-0.39, 0.29) is 33.0 Å². The second kappa shape index (κ2) is 22.8. The van der Waals surface area contributed by atoms with Crippen LogP contribution >= 0.6 is 0 Å². The molecule has 2 N–H and O–H groups in total. The van der Waals surface area contributed by atoms with Crippen molar-refractivity contribution in [1.82, 2.24) is 0 Å². The Morgan fingerprint density at radius 1 is 0.603 bits per heavy atom. The average molecular weight is 789 g/mol. The Labute approximate surface area is 346 Å². The van der Waals surface area contributed by atoms with E-state index in [0.29, 0.717) is 43.3 Å². The van der Waals surface area contributed by atoms with Crippen LogP contribution in [0.1, 0.15) is 95.4 Å². The normalized spacial score (nSPS) is 11.3. The fourth-order valence-corrected chi connectivity index (χ4v) is 6.82. The van der Waals surface area contributed by atoms with Crippen LogP contribution in [-0.4, -0.2) is 55.2 Å². The smallest absolute Gasteiger partial charge is 0.333 e. The summed E-state index contributed by atoms with van der Waals surface area (Å²) in [5.74, 6) is -0.117. The summed E-state index contributed by atoms with van der Waals surface area (Å²) in [5.41, 5.74) is 11.4. The van der Waals surface area contributed by atoms with Gasteiger partial charge in [0.2, 0.25) is 0 Å². The number of benzene rings is 4. The lowest BCUT2D eigenvalue weighted by Gasteiger charge is -2.26. The number of hydrogen-bond acceptors (Lipinski definition) is 7. The Morgan fingerprint density at radius 3 is 1.57 bits per heavy atom. The molecule has 0 saturated heterocycles. The van der Waals surface area contributed by atoms with Crippen LogP contribution in [0.5, 0.6) is 5.75 Å². The second-order valence-electron chi connectivity index (χ2n) is 15.8. The number of ether oxygens (including phenoxy) is 3. The summed E-state index contributed by atoms with van der Waals surface area (Å²) in [6.07, 6.45) is 8.41. The number of esters is 2. The molecule has 7 nitrogen and oxygen atoms in total. The molecule has 0 bridgehead atoms. The van der Waals surface area contributed by atoms with Gasteiger partial charge in [0, 0.05) is 16.6 Å². The van der Waals surface area contributed by atoms with Gasteiger partial charge in [-0.25, -0.2) is 9.59 Å². The Bertz CT molecular complexity index is 1910. The Balaban J connectivity index is 1.67. The van der Waals surface area contributed by atoms with Crippen molar-refractivity contribution in [3.63, 3.8) is 0 Å². The van der Waals surface area contributed by atoms with Gasteiger partial charge in [0.05, 0.1) is 33.0 Å². The van der Waals surface area contributed by atoms with E-state index in [1.807, 2.05) is 6.92 Å². The number of aliphatic hydroxyl groups excluding tert-OH is 2. The molecule has 0 spiro atoms. The van der Waals surface area contributed by atoms with Crippen LogP contribution in [0.25, 0.3) is 33.4 Å². The number of aryl methyl sites for hydroxylation is 4. The molecule has 0 amide bonds. The molecule has 0 unspecified atom stereocenters. The number of unbranched alkanes of at least 4 members (excludes halogenated alkanes) is 2. The largest absolute Gasteiger partial charge is 0.493 e. The molecule has 0 fully saturated rings. The molecule has 4 aromatic carbocycles. The molecule has 0 heterocycles. The molecule has 0 aromatic heterocycles. The molecular formula is C51H64O7. The number of aliphatic hydroxyl groups is 2. The van der Waals surface area contributed by atoms with Gasteiger partial charge < -0.3 is 24.4 Å². The van der Waals surface area contributed by atoms with Gasteiger partial charge in [-0.2, -0.15) is 0 Å². The standard InChI is InChI=1S/C51H64O7/c1-8-10-11-14-38-17-19-40(20-18-38)41-21-23-42(24-22-41)43-25-26-47(39(9-2)31-43)46-32-44(15-12-28-57-49(54)36(3)4)48(56-30-27-51(7,34-52)35-53)45(33-46)16-13-29-58-50(55)37(5)6/h17-26,31-33,52-53H,3,5,8-16,27-30,34-35H2,1-2,4,6-7H3. The zero-order valence-corrected chi connectivity index (χ0v) is 35.5. The predicted molar refractivity (Wildman–Crippen MR) is 236 cm³/mol. The van der Waals surface area contributed by atoms with Crippen LogP contribution in [0.4, 0.5) is 0 Å². The molecule has 0 radical (unpaired) electrons. The van der Waals surface area contributed by atoms with Crippen molar-refractivity contribution >= 4 is 11.9 Å². The first-order valence-corrected chi connectivity index (χ1v) is 20.9. The first-order chi connectivity index (χ1) is 27.9. The highest BCUT2D eigenvalue weighted by molar-refractivity contribution is 5.87. The summed E-state index contributed by atoms with van der Waals surface area (Å²) in [7, 11) is 0. The van der Waals surface area contributed by atoms with Gasteiger partial charge in [0.15, 0.2) is 0 Å². The summed E-state index contributed by atoms with van der Waals surface area (Å²) in [6.45, 7) is 17.3. The minimum atomic E-state index is -0.689. The van der Waals surface area contributed by atoms with Crippen LogP contribution in [0.15, 0.2) is 103 Å². The molecule has 0 saturated carbocycles. The first-order valence-electron chi connectivity index (χ1n) is 20.9. The van der Waals surface area contributed by atoms with E-state index in [2.05, 4.69) is 106 Å². The molecule has 4 aromatic rings. The SMILES string of the molecule is C=C(C)C(=O)OCCCc1cc(-c2ccc(-c3ccc(-c4ccc(CCCCC)cc4)cc3)cc2CC)cc(CCCOC(=O)C(=C)C)c1OCCC(C)(CO)CO. The molecule has 310 valence electrons. The molecule has 0 aliphatic heterocycles. The van der Waals surface area contributed by atoms with Crippen molar-refractivity contribution in [1.29, 1.82) is 0 Å². The maximum Gasteiger partial charge on any atom is 0.333 e. The van der Waals surface area contributed by atoms with Gasteiger partial charge in [0.25, 0.3) is 0 Å². The lowest BCUT2D eigenvalue weighted by Crippen LogP contribution is -2.28. The third-order valence-electron chi connectivity index (χ3n) is 10.7. The van der Waals surface area contributed by atoms with Crippen molar-refractivity contribution in [2.45, 2.75) is 98.8 Å². The van der Waals surface area contributed by atoms with Crippen molar-refractivity contribution in [2.24, 2.45) is 5.41 Å². The Hall–Kier alpha value is -4.98. The zero-order chi connectivity index (χ0) is 42.1. The van der Waals surface area contributed by atoms with E-state index < -0.39 is 17.4 Å². The lowest BCUT2D eigenvalue weighted by molar-refractivity contribution is -0.139. The molecule has 4 rings (SSSR count). The summed E-state index contributed by atoms with van der Waals surface area (Å²) >= 11 is 0. The van der Waals surface area contributed by atoms with Crippen molar-refractivity contribution in [3.8, 4) is 39.1 Å². The van der Waals surface area contributed by atoms with E-state index >= 15 is 0 Å². The first kappa shape index (κ1) is 45.7. The quantitative estimate of drug-likeness (QED) is 0.0414. The molecule has 0 aliphatic rings. The fourth-order valence-electron chi connectivity index (χ4n) is 6.82. The monoisotopic (exact) mass is 788 g/mol. The van der Waals surface area contributed by atoms with E-state index in [0.717, 1.165) is 52.0 Å². The van der Waals surface area contributed by atoms with E-state index in [1.165, 1.54) is 41.5 Å². The Kier molecular flexibility index (Phi) is 18.0. The van der Waals surface area contributed by atoms with Gasteiger partial charge in [-0.05, 0) is 133 Å². The van der Waals surface area contributed by atoms with Gasteiger partial charge >= 0.3 is 11.9 Å².